The summed E-state index contributed by atoms with van der Waals surface area (Å²) in [7, 11) is 5.73. The zero-order valence-electron chi connectivity index (χ0n) is 29.3. The van der Waals surface area contributed by atoms with Crippen molar-refractivity contribution in [2.45, 2.75) is 12.8 Å². The van der Waals surface area contributed by atoms with Crippen LogP contribution in [0.5, 0.6) is 46.0 Å². The number of methoxy groups -OCH3 is 4. The second-order valence-electron chi connectivity index (χ2n) is 11.7. The molecule has 4 N–H and O–H groups in total. The predicted octanol–water partition coefficient (Wildman–Crippen LogP) is 6.07. The summed E-state index contributed by atoms with van der Waals surface area (Å²) in [6.07, 6.45) is 6.25. The molecule has 0 aliphatic carbocycles. The first kappa shape index (κ1) is 38.5. The molecular weight excluding hydrogens is 672 g/mol. The van der Waals surface area contributed by atoms with Crippen molar-refractivity contribution >= 4 is 24.1 Å². The van der Waals surface area contributed by atoms with Crippen LogP contribution in [-0.2, 0) is 31.9 Å². The molecule has 12 nitrogen and oxygen atoms in total. The molecule has 52 heavy (non-hydrogen) atoms. The third-order valence-electron chi connectivity index (χ3n) is 8.26. The van der Waals surface area contributed by atoms with Crippen LogP contribution in [0.25, 0.3) is 12.2 Å². The fourth-order valence-corrected chi connectivity index (χ4v) is 5.43. The molecule has 12 heteroatoms. The van der Waals surface area contributed by atoms with Crippen molar-refractivity contribution in [1.29, 1.82) is 0 Å². The normalized spacial score (nSPS) is 12.3. The maximum atomic E-state index is 13.0. The molecule has 0 fully saturated rings. The molecule has 4 aromatic carbocycles. The molecule has 4 rings (SSSR count). The zero-order chi connectivity index (χ0) is 37.6. The smallest absolute Gasteiger partial charge is 0.330 e. The summed E-state index contributed by atoms with van der Waals surface area (Å²) in [4.78, 5) is 26.0. The van der Waals surface area contributed by atoms with E-state index in [1.807, 2.05) is 0 Å². The van der Waals surface area contributed by atoms with Crippen molar-refractivity contribution in [3.63, 3.8) is 0 Å². The average Bonchev–Trinajstić information content (AvgIpc) is 3.15. The number of esters is 2. The summed E-state index contributed by atoms with van der Waals surface area (Å²) in [5, 5.41) is 40.2. The zero-order valence-corrected chi connectivity index (χ0v) is 29.3. The molecule has 0 saturated heterocycles. The van der Waals surface area contributed by atoms with E-state index < -0.39 is 23.8 Å². The highest BCUT2D eigenvalue weighted by atomic mass is 16.5. The van der Waals surface area contributed by atoms with Crippen molar-refractivity contribution < 1.29 is 58.4 Å². The standard InChI is InChI=1S/C40H42O12/c1-47-35-19-25(5-11-31(35)41)9-15-39(45)51-23-29(17-27-7-13-33(43)37(21-27)49-3)30(18-28-8-14-34(44)38(22-28)50-4)24-52-40(46)16-10-26-6-12-32(42)36(20-26)48-2/h5-16,19-22,29-30,41-44H,17-18,23-24H2,1-4H3/t29-,30+. The minimum Gasteiger partial charge on any atom is -0.504 e. The highest BCUT2D eigenvalue weighted by Gasteiger charge is 2.26. The summed E-state index contributed by atoms with van der Waals surface area (Å²) in [6.45, 7) is -0.155. The van der Waals surface area contributed by atoms with E-state index in [1.54, 1.807) is 48.5 Å². The first-order chi connectivity index (χ1) is 25.0. The number of phenols is 4. The van der Waals surface area contributed by atoms with Gasteiger partial charge in [0, 0.05) is 24.0 Å². The second-order valence-corrected chi connectivity index (χ2v) is 11.7. The molecule has 0 saturated carbocycles. The van der Waals surface area contributed by atoms with E-state index in [9.17, 15) is 30.0 Å². The third-order valence-corrected chi connectivity index (χ3v) is 8.26. The number of ether oxygens (including phenoxy) is 6. The number of phenolic OH excluding ortho intramolecular Hbond substituents is 4. The number of carbonyl (C=O) groups excluding carboxylic acids is 2. The molecule has 0 bridgehead atoms. The SMILES string of the molecule is COc1cc(C=CC(=O)OC[C@H](Cc2ccc(O)c(OC)c2)[C@@H](COC(=O)C=Cc2ccc(O)c(OC)c2)Cc2ccc(O)c(OC)c2)ccc1O. The average molecular weight is 715 g/mol. The molecule has 0 radical (unpaired) electrons. The predicted molar refractivity (Wildman–Crippen MR) is 193 cm³/mol. The van der Waals surface area contributed by atoms with Gasteiger partial charge in [-0.2, -0.15) is 0 Å². The lowest BCUT2D eigenvalue weighted by molar-refractivity contribution is -0.143. The van der Waals surface area contributed by atoms with Crippen molar-refractivity contribution in [2.75, 3.05) is 41.7 Å². The van der Waals surface area contributed by atoms with E-state index in [0.29, 0.717) is 24.0 Å². The summed E-state index contributed by atoms with van der Waals surface area (Å²) in [6, 6.07) is 19.1. The van der Waals surface area contributed by atoms with Gasteiger partial charge in [-0.25, -0.2) is 9.59 Å². The van der Waals surface area contributed by atoms with Crippen LogP contribution in [-0.4, -0.2) is 74.0 Å². The molecule has 2 atom stereocenters. The van der Waals surface area contributed by atoms with Gasteiger partial charge in [0.1, 0.15) is 0 Å². The van der Waals surface area contributed by atoms with Crippen LogP contribution in [0.4, 0.5) is 0 Å². The Bertz CT molecular complexity index is 1760. The molecule has 0 aliphatic heterocycles. The van der Waals surface area contributed by atoms with Crippen molar-refractivity contribution in [3.8, 4) is 46.0 Å². The lowest BCUT2D eigenvalue weighted by atomic mass is 9.83. The van der Waals surface area contributed by atoms with E-state index in [-0.39, 0.29) is 59.2 Å². The van der Waals surface area contributed by atoms with Gasteiger partial charge in [-0.1, -0.05) is 24.3 Å². The quantitative estimate of drug-likeness (QED) is 0.0736. The highest BCUT2D eigenvalue weighted by Crippen LogP contribution is 2.33. The lowest BCUT2D eigenvalue weighted by Gasteiger charge is -2.27. The van der Waals surface area contributed by atoms with Gasteiger partial charge in [0.2, 0.25) is 0 Å². The van der Waals surface area contributed by atoms with Crippen molar-refractivity contribution in [2.24, 2.45) is 11.8 Å². The van der Waals surface area contributed by atoms with Crippen LogP contribution in [0.15, 0.2) is 84.9 Å². The van der Waals surface area contributed by atoms with Gasteiger partial charge in [0.05, 0.1) is 41.7 Å². The van der Waals surface area contributed by atoms with Gasteiger partial charge in [0.25, 0.3) is 0 Å². The Hall–Kier alpha value is -6.30. The van der Waals surface area contributed by atoms with E-state index in [4.69, 9.17) is 28.4 Å². The Morgan fingerprint density at radius 2 is 0.846 bits per heavy atom. The van der Waals surface area contributed by atoms with E-state index in [2.05, 4.69) is 0 Å². The van der Waals surface area contributed by atoms with Gasteiger partial charge in [-0.3, -0.25) is 0 Å². The van der Waals surface area contributed by atoms with Crippen molar-refractivity contribution in [1.82, 2.24) is 0 Å². The fraction of sp³-hybridized carbons (Fsp3) is 0.250. The van der Waals surface area contributed by atoms with Crippen molar-refractivity contribution in [3.05, 3.63) is 107 Å². The van der Waals surface area contributed by atoms with Gasteiger partial charge in [-0.05, 0) is 95.8 Å². The molecular formula is C40H42O12. The molecule has 0 aliphatic rings. The molecule has 274 valence electrons. The minimum absolute atomic E-state index is 0.0370. The van der Waals surface area contributed by atoms with Crippen LogP contribution in [0.2, 0.25) is 0 Å². The Morgan fingerprint density at radius 1 is 0.519 bits per heavy atom. The number of hydrogen-bond donors (Lipinski definition) is 4. The third kappa shape index (κ3) is 10.8. The molecule has 0 heterocycles. The number of hydrogen-bond acceptors (Lipinski definition) is 12. The van der Waals surface area contributed by atoms with Crippen LogP contribution in [0, 0.1) is 11.8 Å². The highest BCUT2D eigenvalue weighted by molar-refractivity contribution is 5.87. The van der Waals surface area contributed by atoms with Gasteiger partial charge >= 0.3 is 11.9 Å². The summed E-state index contributed by atoms with van der Waals surface area (Å²) < 4.78 is 32.4. The van der Waals surface area contributed by atoms with Crippen LogP contribution in [0.3, 0.4) is 0 Å². The topological polar surface area (TPSA) is 170 Å². The van der Waals surface area contributed by atoms with Gasteiger partial charge in [0.15, 0.2) is 46.0 Å². The van der Waals surface area contributed by atoms with Gasteiger partial charge < -0.3 is 48.8 Å². The Morgan fingerprint density at radius 3 is 1.19 bits per heavy atom. The Labute approximate surface area is 301 Å². The number of carbonyl (C=O) groups is 2. The van der Waals surface area contributed by atoms with Crippen LogP contribution >= 0.6 is 0 Å². The maximum Gasteiger partial charge on any atom is 0.330 e. The number of aromatic hydroxyl groups is 4. The van der Waals surface area contributed by atoms with Crippen LogP contribution < -0.4 is 18.9 Å². The van der Waals surface area contributed by atoms with E-state index in [1.165, 1.54) is 77.0 Å². The number of rotatable bonds is 17. The fourth-order valence-electron chi connectivity index (χ4n) is 5.43. The lowest BCUT2D eigenvalue weighted by Crippen LogP contribution is -2.30. The summed E-state index contributed by atoms with van der Waals surface area (Å²) in [5.41, 5.74) is 2.74. The Balaban J connectivity index is 1.61. The van der Waals surface area contributed by atoms with Gasteiger partial charge in [-0.15, -0.1) is 0 Å². The van der Waals surface area contributed by atoms with Crippen LogP contribution in [0.1, 0.15) is 22.3 Å². The first-order valence-electron chi connectivity index (χ1n) is 16.2. The molecule has 0 amide bonds. The summed E-state index contributed by atoms with van der Waals surface area (Å²) >= 11 is 0. The Kier molecular flexibility index (Phi) is 13.8. The molecule has 0 unspecified atom stereocenters. The minimum atomic E-state index is -0.630. The largest absolute Gasteiger partial charge is 0.504 e. The molecule has 0 aromatic heterocycles. The summed E-state index contributed by atoms with van der Waals surface area (Å²) in [5.74, 6) is -1.24. The number of benzene rings is 4. The maximum absolute atomic E-state index is 13.0. The van der Waals surface area contributed by atoms with E-state index in [0.717, 1.165) is 11.1 Å². The van der Waals surface area contributed by atoms with E-state index >= 15 is 0 Å². The molecule has 4 aromatic rings. The first-order valence-corrected chi connectivity index (χ1v) is 16.2. The monoisotopic (exact) mass is 714 g/mol. The molecule has 0 spiro atoms. The second kappa shape index (κ2) is 18.6.